The zero-order valence-electron chi connectivity index (χ0n) is 16.9. The molecule has 0 radical (unpaired) electrons. The van der Waals surface area contributed by atoms with E-state index in [0.29, 0.717) is 25.3 Å². The summed E-state index contributed by atoms with van der Waals surface area (Å²) < 4.78 is 30.4. The molecule has 0 bridgehead atoms. The average Bonchev–Trinajstić information content (AvgIpc) is 3.01. The van der Waals surface area contributed by atoms with E-state index >= 15 is 0 Å². The smallest absolute Gasteiger partial charge is 0.244 e. The van der Waals surface area contributed by atoms with Crippen LogP contribution >= 0.6 is 23.2 Å². The molecule has 1 amide bonds. The molecule has 10 heteroatoms. The molecule has 166 valence electrons. The molecule has 0 spiro atoms. The Kier molecular flexibility index (Phi) is 8.00. The summed E-state index contributed by atoms with van der Waals surface area (Å²) >= 11 is 12.2. The first-order valence-electron chi connectivity index (χ1n) is 10.1. The molecular weight excluding hydrogens is 459 g/mol. The van der Waals surface area contributed by atoms with Crippen molar-refractivity contribution < 1.29 is 13.2 Å². The third-order valence-corrected chi connectivity index (χ3v) is 7.73. The van der Waals surface area contributed by atoms with Crippen molar-refractivity contribution in [1.82, 2.24) is 14.2 Å². The zero-order chi connectivity index (χ0) is 22.4. The van der Waals surface area contributed by atoms with Crippen molar-refractivity contribution in [2.45, 2.75) is 49.6 Å². The summed E-state index contributed by atoms with van der Waals surface area (Å²) in [6.45, 7) is 1.49. The summed E-state index contributed by atoms with van der Waals surface area (Å²) in [7, 11) is -4.16. The Hall–Kier alpha value is -2.05. The van der Waals surface area contributed by atoms with Gasteiger partial charge in [0.15, 0.2) is 0 Å². The number of likely N-dealkylation sites (tertiary alicyclic amines) is 1. The van der Waals surface area contributed by atoms with Gasteiger partial charge >= 0.3 is 0 Å². The minimum Gasteiger partial charge on any atom is -0.341 e. The van der Waals surface area contributed by atoms with Crippen LogP contribution in [-0.2, 0) is 21.4 Å². The molecule has 0 aliphatic carbocycles. The number of aryl methyl sites for hydroxylation is 1. The van der Waals surface area contributed by atoms with E-state index in [0.717, 1.165) is 25.7 Å². The van der Waals surface area contributed by atoms with Crippen LogP contribution in [0.2, 0.25) is 10.0 Å². The second-order valence-corrected chi connectivity index (χ2v) is 9.92. The SMILES string of the molecule is N#Cc1cccn1CCC(NS(=O)(=O)c1c(Cl)cccc1Cl)C(=O)N1CCCCCC1. The number of hydrogen-bond donors (Lipinski definition) is 1. The van der Waals surface area contributed by atoms with Crippen LogP contribution in [0.3, 0.4) is 0 Å². The molecule has 7 nitrogen and oxygen atoms in total. The minimum absolute atomic E-state index is 0.0156. The van der Waals surface area contributed by atoms with Crippen LogP contribution in [0.25, 0.3) is 0 Å². The van der Waals surface area contributed by atoms with Crippen molar-refractivity contribution in [2.24, 2.45) is 0 Å². The van der Waals surface area contributed by atoms with Gasteiger partial charge < -0.3 is 9.47 Å². The number of aromatic nitrogens is 1. The Morgan fingerprint density at radius 3 is 2.35 bits per heavy atom. The zero-order valence-corrected chi connectivity index (χ0v) is 19.3. The van der Waals surface area contributed by atoms with Gasteiger partial charge in [-0.05, 0) is 43.5 Å². The van der Waals surface area contributed by atoms with Crippen molar-refractivity contribution in [3.8, 4) is 6.07 Å². The molecule has 0 saturated carbocycles. The summed E-state index contributed by atoms with van der Waals surface area (Å²) in [6, 6.07) is 8.90. The van der Waals surface area contributed by atoms with Crippen LogP contribution in [0.15, 0.2) is 41.4 Å². The van der Waals surface area contributed by atoms with Crippen LogP contribution in [0.4, 0.5) is 0 Å². The fourth-order valence-electron chi connectivity index (χ4n) is 3.71. The van der Waals surface area contributed by atoms with Crippen molar-refractivity contribution >= 4 is 39.1 Å². The summed E-state index contributed by atoms with van der Waals surface area (Å²) in [4.78, 5) is 14.8. The lowest BCUT2D eigenvalue weighted by Gasteiger charge is -2.27. The van der Waals surface area contributed by atoms with Gasteiger partial charge in [0.2, 0.25) is 15.9 Å². The lowest BCUT2D eigenvalue weighted by Crippen LogP contribution is -2.49. The Morgan fingerprint density at radius 2 is 1.74 bits per heavy atom. The predicted octanol–water partition coefficient (Wildman–Crippen LogP) is 3.81. The van der Waals surface area contributed by atoms with Gasteiger partial charge in [0.1, 0.15) is 22.7 Å². The predicted molar refractivity (Wildman–Crippen MR) is 119 cm³/mol. The largest absolute Gasteiger partial charge is 0.341 e. The van der Waals surface area contributed by atoms with E-state index in [1.807, 2.05) is 0 Å². The molecule has 1 N–H and O–H groups in total. The number of nitriles is 1. The monoisotopic (exact) mass is 482 g/mol. The van der Waals surface area contributed by atoms with Gasteiger partial charge in [-0.2, -0.15) is 9.98 Å². The third kappa shape index (κ3) is 5.80. The first-order valence-corrected chi connectivity index (χ1v) is 12.4. The van der Waals surface area contributed by atoms with Gasteiger partial charge in [0.05, 0.1) is 10.0 Å². The standard InChI is InChI=1S/C21H24Cl2N4O3S/c22-17-8-5-9-18(23)20(17)31(29,30)25-19(10-14-26-13-6-7-16(26)15-24)21(28)27-11-3-1-2-4-12-27/h5-9,13,19,25H,1-4,10-12,14H2. The summed E-state index contributed by atoms with van der Waals surface area (Å²) in [5.41, 5.74) is 0.443. The number of sulfonamides is 1. The number of rotatable bonds is 7. The molecule has 1 aromatic heterocycles. The van der Waals surface area contributed by atoms with E-state index in [4.69, 9.17) is 23.2 Å². The number of amides is 1. The Morgan fingerprint density at radius 1 is 1.10 bits per heavy atom. The molecule has 3 rings (SSSR count). The number of hydrogen-bond acceptors (Lipinski definition) is 4. The van der Waals surface area contributed by atoms with Crippen molar-refractivity contribution in [1.29, 1.82) is 5.26 Å². The minimum atomic E-state index is -4.16. The van der Waals surface area contributed by atoms with Crippen molar-refractivity contribution in [3.05, 3.63) is 52.3 Å². The second kappa shape index (κ2) is 10.5. The first-order chi connectivity index (χ1) is 14.8. The number of benzene rings is 1. The molecule has 1 unspecified atom stereocenters. The summed E-state index contributed by atoms with van der Waals surface area (Å²) in [6.07, 6.45) is 5.77. The molecule has 1 aromatic carbocycles. The van der Waals surface area contributed by atoms with Crippen LogP contribution in [0.5, 0.6) is 0 Å². The Bertz CT molecular complexity index is 1050. The highest BCUT2D eigenvalue weighted by Gasteiger charge is 2.31. The maximum atomic E-state index is 13.3. The number of carbonyl (C=O) groups is 1. The van der Waals surface area contributed by atoms with Crippen molar-refractivity contribution in [2.75, 3.05) is 13.1 Å². The third-order valence-electron chi connectivity index (χ3n) is 5.30. The Balaban J connectivity index is 1.87. The highest BCUT2D eigenvalue weighted by atomic mass is 35.5. The first kappa shape index (κ1) is 23.6. The van der Waals surface area contributed by atoms with Crippen LogP contribution in [-0.4, -0.2) is 42.9 Å². The van der Waals surface area contributed by atoms with Crippen LogP contribution in [0, 0.1) is 11.3 Å². The van der Waals surface area contributed by atoms with Gasteiger partial charge in [-0.25, -0.2) is 8.42 Å². The molecular formula is C21H24Cl2N4O3S. The van der Waals surface area contributed by atoms with E-state index < -0.39 is 16.1 Å². The number of halogens is 2. The molecule has 1 saturated heterocycles. The number of nitrogens with zero attached hydrogens (tertiary/aromatic N) is 3. The van der Waals surface area contributed by atoms with Gasteiger partial charge in [-0.15, -0.1) is 0 Å². The maximum absolute atomic E-state index is 13.3. The maximum Gasteiger partial charge on any atom is 0.244 e. The molecule has 1 aliphatic heterocycles. The molecule has 1 atom stereocenters. The fourth-order valence-corrected chi connectivity index (χ4v) is 6.08. The van der Waals surface area contributed by atoms with E-state index in [1.165, 1.54) is 12.1 Å². The van der Waals surface area contributed by atoms with Crippen LogP contribution < -0.4 is 4.72 Å². The molecule has 1 aliphatic rings. The molecule has 1 fully saturated rings. The lowest BCUT2D eigenvalue weighted by atomic mass is 10.2. The van der Waals surface area contributed by atoms with Gasteiger partial charge in [0.25, 0.3) is 0 Å². The van der Waals surface area contributed by atoms with Crippen molar-refractivity contribution in [3.63, 3.8) is 0 Å². The Labute approximate surface area is 192 Å². The van der Waals surface area contributed by atoms with E-state index in [1.54, 1.807) is 33.9 Å². The number of carbonyl (C=O) groups excluding carboxylic acids is 1. The summed E-state index contributed by atoms with van der Waals surface area (Å²) in [5, 5.41) is 9.19. The van der Waals surface area contributed by atoms with Gasteiger partial charge in [0, 0.05) is 25.8 Å². The summed E-state index contributed by atoms with van der Waals surface area (Å²) in [5.74, 6) is -0.278. The second-order valence-electron chi connectivity index (χ2n) is 7.45. The molecule has 31 heavy (non-hydrogen) atoms. The highest BCUT2D eigenvalue weighted by Crippen LogP contribution is 2.29. The van der Waals surface area contributed by atoms with Crippen LogP contribution in [0.1, 0.15) is 37.8 Å². The van der Waals surface area contributed by atoms with E-state index in [-0.39, 0.29) is 27.3 Å². The molecule has 2 aromatic rings. The molecule has 2 heterocycles. The van der Waals surface area contributed by atoms with E-state index in [2.05, 4.69) is 10.8 Å². The lowest BCUT2D eigenvalue weighted by molar-refractivity contribution is -0.133. The highest BCUT2D eigenvalue weighted by molar-refractivity contribution is 7.89. The quantitative estimate of drug-likeness (QED) is 0.648. The topological polar surface area (TPSA) is 95.2 Å². The van der Waals surface area contributed by atoms with Gasteiger partial charge in [-0.1, -0.05) is 42.1 Å². The number of nitrogens with one attached hydrogen (secondary N) is 1. The van der Waals surface area contributed by atoms with Gasteiger partial charge in [-0.3, -0.25) is 4.79 Å². The fraction of sp³-hybridized carbons (Fsp3) is 0.429. The normalized spacial score (nSPS) is 15.8. The average molecular weight is 483 g/mol. The van der Waals surface area contributed by atoms with E-state index in [9.17, 15) is 18.5 Å².